The highest BCUT2D eigenvalue weighted by atomic mass is 32.2. The summed E-state index contributed by atoms with van der Waals surface area (Å²) in [5, 5.41) is 0. The first-order valence-electron chi connectivity index (χ1n) is 6.03. The van der Waals surface area contributed by atoms with Gasteiger partial charge in [-0.05, 0) is 24.3 Å². The number of methoxy groups -OCH3 is 2. The van der Waals surface area contributed by atoms with Crippen LogP contribution in [0.5, 0.6) is 11.5 Å². The molecule has 0 aliphatic rings. The molecular formula is C15H16FNO2S. The zero-order valence-corrected chi connectivity index (χ0v) is 12.2. The predicted octanol–water partition coefficient (Wildman–Crippen LogP) is 3.72. The van der Waals surface area contributed by atoms with Crippen LogP contribution in [0.4, 0.5) is 10.1 Å². The third kappa shape index (κ3) is 3.17. The number of halogens is 1. The summed E-state index contributed by atoms with van der Waals surface area (Å²) < 4.78 is 24.2. The minimum absolute atomic E-state index is 0.252. The molecule has 0 heterocycles. The van der Waals surface area contributed by atoms with Crippen molar-refractivity contribution in [2.24, 2.45) is 0 Å². The second kappa shape index (κ2) is 6.52. The van der Waals surface area contributed by atoms with E-state index in [-0.39, 0.29) is 11.6 Å². The van der Waals surface area contributed by atoms with Crippen LogP contribution in [-0.2, 0) is 5.75 Å². The van der Waals surface area contributed by atoms with Gasteiger partial charge in [0.1, 0.15) is 5.75 Å². The molecule has 0 atom stereocenters. The Hall–Kier alpha value is -1.88. The molecule has 0 aliphatic carbocycles. The predicted molar refractivity (Wildman–Crippen MR) is 79.9 cm³/mol. The lowest BCUT2D eigenvalue weighted by Gasteiger charge is -2.09. The van der Waals surface area contributed by atoms with Crippen molar-refractivity contribution in [3.63, 3.8) is 0 Å². The van der Waals surface area contributed by atoms with Crippen molar-refractivity contribution in [2.75, 3.05) is 20.0 Å². The van der Waals surface area contributed by atoms with Crippen molar-refractivity contribution in [3.8, 4) is 11.5 Å². The Morgan fingerprint density at radius 2 is 1.95 bits per heavy atom. The molecule has 0 saturated carbocycles. The van der Waals surface area contributed by atoms with Gasteiger partial charge in [-0.3, -0.25) is 0 Å². The maximum atomic E-state index is 14.0. The minimum atomic E-state index is -0.330. The molecule has 0 saturated heterocycles. The molecule has 0 aromatic heterocycles. The van der Waals surface area contributed by atoms with Crippen molar-refractivity contribution >= 4 is 17.4 Å². The second-order valence-electron chi connectivity index (χ2n) is 4.13. The van der Waals surface area contributed by atoms with E-state index < -0.39 is 0 Å². The van der Waals surface area contributed by atoms with Gasteiger partial charge in [-0.1, -0.05) is 12.1 Å². The van der Waals surface area contributed by atoms with Crippen molar-refractivity contribution in [1.29, 1.82) is 0 Å². The minimum Gasteiger partial charge on any atom is -0.497 e. The van der Waals surface area contributed by atoms with E-state index in [9.17, 15) is 4.39 Å². The third-order valence-corrected chi connectivity index (χ3v) is 3.99. The summed E-state index contributed by atoms with van der Waals surface area (Å²) in [6, 6.07) is 10.5. The first-order valence-corrected chi connectivity index (χ1v) is 7.02. The number of nitrogens with two attached hydrogens (primary N) is 1. The molecule has 0 amide bonds. The molecule has 20 heavy (non-hydrogen) atoms. The summed E-state index contributed by atoms with van der Waals surface area (Å²) in [5.74, 6) is 1.12. The van der Waals surface area contributed by atoms with Crippen LogP contribution in [0, 0.1) is 5.82 Å². The van der Waals surface area contributed by atoms with E-state index in [4.69, 9.17) is 15.2 Å². The SMILES string of the molecule is COc1ccc(N)c(SCc2cccc(OC)c2F)c1. The molecule has 0 fully saturated rings. The van der Waals surface area contributed by atoms with Crippen LogP contribution in [0.3, 0.4) is 0 Å². The van der Waals surface area contributed by atoms with Crippen LogP contribution in [0.1, 0.15) is 5.56 Å². The standard InChI is InChI=1S/C15H16FNO2S/c1-18-11-6-7-12(17)14(8-11)20-9-10-4-3-5-13(19-2)15(10)16/h3-8H,9,17H2,1-2H3. The highest BCUT2D eigenvalue weighted by molar-refractivity contribution is 7.98. The number of ether oxygens (including phenoxy) is 2. The van der Waals surface area contributed by atoms with E-state index in [2.05, 4.69) is 0 Å². The molecule has 0 aliphatic heterocycles. The van der Waals surface area contributed by atoms with Gasteiger partial charge in [0.25, 0.3) is 0 Å². The summed E-state index contributed by atoms with van der Waals surface area (Å²) >= 11 is 1.46. The van der Waals surface area contributed by atoms with Crippen LogP contribution >= 0.6 is 11.8 Å². The third-order valence-electron chi connectivity index (χ3n) is 2.87. The number of hydrogen-bond donors (Lipinski definition) is 1. The first kappa shape index (κ1) is 14.5. The molecule has 0 spiro atoms. The first-order chi connectivity index (χ1) is 9.65. The molecule has 2 aromatic carbocycles. The normalized spacial score (nSPS) is 10.3. The van der Waals surface area contributed by atoms with Crippen molar-refractivity contribution in [2.45, 2.75) is 10.6 Å². The largest absolute Gasteiger partial charge is 0.497 e. The van der Waals surface area contributed by atoms with E-state index in [0.29, 0.717) is 17.0 Å². The van der Waals surface area contributed by atoms with Crippen LogP contribution in [0.2, 0.25) is 0 Å². The summed E-state index contributed by atoms with van der Waals surface area (Å²) in [6.45, 7) is 0. The van der Waals surface area contributed by atoms with E-state index >= 15 is 0 Å². The van der Waals surface area contributed by atoms with E-state index in [1.807, 2.05) is 6.07 Å². The van der Waals surface area contributed by atoms with Crippen molar-refractivity contribution in [3.05, 3.63) is 47.8 Å². The average molecular weight is 293 g/mol. The van der Waals surface area contributed by atoms with Gasteiger partial charge in [-0.15, -0.1) is 11.8 Å². The lowest BCUT2D eigenvalue weighted by molar-refractivity contribution is 0.385. The molecule has 0 radical (unpaired) electrons. The van der Waals surface area contributed by atoms with Crippen molar-refractivity contribution in [1.82, 2.24) is 0 Å². The molecule has 3 nitrogen and oxygen atoms in total. The zero-order valence-electron chi connectivity index (χ0n) is 11.4. The Morgan fingerprint density at radius 1 is 1.15 bits per heavy atom. The summed E-state index contributed by atoms with van der Waals surface area (Å²) in [7, 11) is 3.05. The Morgan fingerprint density at radius 3 is 2.65 bits per heavy atom. The fourth-order valence-corrected chi connectivity index (χ4v) is 2.72. The Kier molecular flexibility index (Phi) is 4.74. The number of hydrogen-bond acceptors (Lipinski definition) is 4. The maximum absolute atomic E-state index is 14.0. The molecule has 2 rings (SSSR count). The Balaban J connectivity index is 2.16. The van der Waals surface area contributed by atoms with Gasteiger partial charge in [-0.25, -0.2) is 4.39 Å². The Labute approximate surface area is 121 Å². The molecule has 5 heteroatoms. The van der Waals surface area contributed by atoms with Crippen LogP contribution in [-0.4, -0.2) is 14.2 Å². The number of nitrogen functional groups attached to an aromatic ring is 1. The molecule has 0 unspecified atom stereocenters. The highest BCUT2D eigenvalue weighted by Crippen LogP contribution is 2.33. The topological polar surface area (TPSA) is 44.5 Å². The van der Waals surface area contributed by atoms with Gasteiger partial charge >= 0.3 is 0 Å². The van der Waals surface area contributed by atoms with Crippen LogP contribution < -0.4 is 15.2 Å². The van der Waals surface area contributed by atoms with Crippen LogP contribution in [0.25, 0.3) is 0 Å². The number of anilines is 1. The number of thioether (sulfide) groups is 1. The molecule has 0 bridgehead atoms. The number of benzene rings is 2. The molecule has 2 aromatic rings. The van der Waals surface area contributed by atoms with E-state index in [1.165, 1.54) is 18.9 Å². The lowest BCUT2D eigenvalue weighted by Crippen LogP contribution is -1.94. The summed E-state index contributed by atoms with van der Waals surface area (Å²) in [4.78, 5) is 0.867. The van der Waals surface area contributed by atoms with Gasteiger partial charge < -0.3 is 15.2 Å². The number of rotatable bonds is 5. The van der Waals surface area contributed by atoms with Gasteiger partial charge in [-0.2, -0.15) is 0 Å². The van der Waals surface area contributed by atoms with Crippen LogP contribution in [0.15, 0.2) is 41.3 Å². The average Bonchev–Trinajstić information content (AvgIpc) is 2.47. The molecule has 2 N–H and O–H groups in total. The monoisotopic (exact) mass is 293 g/mol. The van der Waals surface area contributed by atoms with Gasteiger partial charge in [0.05, 0.1) is 14.2 Å². The second-order valence-corrected chi connectivity index (χ2v) is 5.14. The van der Waals surface area contributed by atoms with Gasteiger partial charge in [0, 0.05) is 21.9 Å². The highest BCUT2D eigenvalue weighted by Gasteiger charge is 2.10. The summed E-state index contributed by atoms with van der Waals surface area (Å²) in [6.07, 6.45) is 0. The fraction of sp³-hybridized carbons (Fsp3) is 0.200. The smallest absolute Gasteiger partial charge is 0.169 e. The molecule has 106 valence electrons. The van der Waals surface area contributed by atoms with E-state index in [0.717, 1.165) is 10.6 Å². The quantitative estimate of drug-likeness (QED) is 0.674. The zero-order chi connectivity index (χ0) is 14.5. The Bertz CT molecular complexity index is 602. The lowest BCUT2D eigenvalue weighted by atomic mass is 10.2. The van der Waals surface area contributed by atoms with E-state index in [1.54, 1.807) is 37.4 Å². The van der Waals surface area contributed by atoms with Gasteiger partial charge in [0.2, 0.25) is 0 Å². The van der Waals surface area contributed by atoms with Crippen molar-refractivity contribution < 1.29 is 13.9 Å². The summed E-state index contributed by atoms with van der Waals surface area (Å²) in [5.41, 5.74) is 7.14. The maximum Gasteiger partial charge on any atom is 0.169 e. The van der Waals surface area contributed by atoms with Gasteiger partial charge in [0.15, 0.2) is 11.6 Å². The fourth-order valence-electron chi connectivity index (χ4n) is 1.75. The molecular weight excluding hydrogens is 277 g/mol.